The number of amides is 1. The molecule has 0 bridgehead atoms. The summed E-state index contributed by atoms with van der Waals surface area (Å²) in [5, 5.41) is 12.0. The minimum Gasteiger partial charge on any atom is -0.296 e. The van der Waals surface area contributed by atoms with Crippen molar-refractivity contribution in [3.05, 3.63) is 40.4 Å². The fourth-order valence-corrected chi connectivity index (χ4v) is 3.69. The van der Waals surface area contributed by atoms with E-state index < -0.39 is 17.6 Å². The molecule has 2 aromatic rings. The standard InChI is InChI=1S/C16H16F3N3OS/c17-16(18,19)12-8-6-10(7-9-12)13(23)20-15-22-21-14(24-15)11-4-2-1-3-5-11/h6-9,11H,1-5H2,(H,20,22,23). The second kappa shape index (κ2) is 6.88. The van der Waals surface area contributed by atoms with E-state index in [9.17, 15) is 18.0 Å². The van der Waals surface area contributed by atoms with E-state index in [0.29, 0.717) is 11.0 Å². The summed E-state index contributed by atoms with van der Waals surface area (Å²) in [6.07, 6.45) is 1.36. The molecule has 0 saturated heterocycles. The molecule has 1 fully saturated rings. The maximum Gasteiger partial charge on any atom is 0.416 e. The molecule has 4 nitrogen and oxygen atoms in total. The van der Waals surface area contributed by atoms with E-state index in [1.54, 1.807) is 0 Å². The number of carbonyl (C=O) groups is 1. The van der Waals surface area contributed by atoms with Gasteiger partial charge in [0.05, 0.1) is 5.56 Å². The van der Waals surface area contributed by atoms with Crippen LogP contribution in [-0.2, 0) is 6.18 Å². The monoisotopic (exact) mass is 355 g/mol. The van der Waals surface area contributed by atoms with Crippen LogP contribution in [0, 0.1) is 0 Å². The predicted molar refractivity (Wildman–Crippen MR) is 85.1 cm³/mol. The quantitative estimate of drug-likeness (QED) is 0.856. The van der Waals surface area contributed by atoms with Gasteiger partial charge in [-0.25, -0.2) is 0 Å². The molecular formula is C16H16F3N3OS. The first kappa shape index (κ1) is 16.9. The lowest BCUT2D eigenvalue weighted by molar-refractivity contribution is -0.137. The fourth-order valence-electron chi connectivity index (χ4n) is 2.78. The first-order valence-corrected chi connectivity index (χ1v) is 8.57. The highest BCUT2D eigenvalue weighted by atomic mass is 32.1. The normalized spacial score (nSPS) is 16.1. The summed E-state index contributed by atoms with van der Waals surface area (Å²) >= 11 is 1.34. The van der Waals surface area contributed by atoms with Crippen LogP contribution in [0.1, 0.15) is 59.0 Å². The highest BCUT2D eigenvalue weighted by Gasteiger charge is 2.30. The van der Waals surface area contributed by atoms with Gasteiger partial charge in [-0.15, -0.1) is 10.2 Å². The van der Waals surface area contributed by atoms with Gasteiger partial charge in [0.15, 0.2) is 0 Å². The summed E-state index contributed by atoms with van der Waals surface area (Å²) in [6.45, 7) is 0. The van der Waals surface area contributed by atoms with Crippen LogP contribution < -0.4 is 5.32 Å². The van der Waals surface area contributed by atoms with E-state index in [4.69, 9.17) is 0 Å². The molecule has 0 radical (unpaired) electrons. The predicted octanol–water partition coefficient (Wildman–Crippen LogP) is 4.86. The SMILES string of the molecule is O=C(Nc1nnc(C2CCCCC2)s1)c1ccc(C(F)(F)F)cc1. The number of nitrogens with zero attached hydrogens (tertiary/aromatic N) is 2. The summed E-state index contributed by atoms with van der Waals surface area (Å²) in [6, 6.07) is 4.09. The van der Waals surface area contributed by atoms with Crippen molar-refractivity contribution in [2.45, 2.75) is 44.2 Å². The number of aromatic nitrogens is 2. The Labute approximate surface area is 141 Å². The molecule has 1 aliphatic rings. The van der Waals surface area contributed by atoms with E-state index in [-0.39, 0.29) is 5.56 Å². The summed E-state index contributed by atoms with van der Waals surface area (Å²) in [4.78, 5) is 12.1. The Balaban J connectivity index is 1.65. The molecule has 1 amide bonds. The van der Waals surface area contributed by atoms with Crippen molar-refractivity contribution in [2.75, 3.05) is 5.32 Å². The summed E-state index contributed by atoms with van der Waals surface area (Å²) in [7, 11) is 0. The number of anilines is 1. The van der Waals surface area contributed by atoms with Gasteiger partial charge in [0, 0.05) is 11.5 Å². The number of benzene rings is 1. The fraction of sp³-hybridized carbons (Fsp3) is 0.438. The van der Waals surface area contributed by atoms with Gasteiger partial charge in [-0.05, 0) is 37.1 Å². The lowest BCUT2D eigenvalue weighted by Crippen LogP contribution is -2.12. The zero-order valence-electron chi connectivity index (χ0n) is 12.8. The van der Waals surface area contributed by atoms with Crippen LogP contribution in [0.2, 0.25) is 0 Å². The van der Waals surface area contributed by atoms with E-state index in [1.165, 1.54) is 30.6 Å². The zero-order valence-corrected chi connectivity index (χ0v) is 13.6. The van der Waals surface area contributed by atoms with Crippen LogP contribution in [0.5, 0.6) is 0 Å². The van der Waals surface area contributed by atoms with Crippen LogP contribution in [-0.4, -0.2) is 16.1 Å². The maximum atomic E-state index is 12.5. The van der Waals surface area contributed by atoms with Crippen molar-refractivity contribution < 1.29 is 18.0 Å². The molecule has 0 spiro atoms. The van der Waals surface area contributed by atoms with Gasteiger partial charge in [-0.2, -0.15) is 13.2 Å². The topological polar surface area (TPSA) is 54.9 Å². The molecule has 24 heavy (non-hydrogen) atoms. The van der Waals surface area contributed by atoms with Crippen LogP contribution in [0.15, 0.2) is 24.3 Å². The maximum absolute atomic E-state index is 12.5. The average molecular weight is 355 g/mol. The summed E-state index contributed by atoms with van der Waals surface area (Å²) in [5.74, 6) is -0.0944. The molecule has 1 aliphatic carbocycles. The van der Waals surface area contributed by atoms with E-state index in [1.807, 2.05) is 0 Å². The average Bonchev–Trinajstić information content (AvgIpc) is 3.03. The molecule has 0 aliphatic heterocycles. The molecule has 1 aromatic carbocycles. The van der Waals surface area contributed by atoms with Gasteiger partial charge in [0.1, 0.15) is 5.01 Å². The number of halogens is 3. The van der Waals surface area contributed by atoms with Crippen LogP contribution in [0.3, 0.4) is 0 Å². The van der Waals surface area contributed by atoms with E-state index >= 15 is 0 Å². The number of nitrogens with one attached hydrogen (secondary N) is 1. The van der Waals surface area contributed by atoms with Gasteiger partial charge in [0.2, 0.25) is 5.13 Å². The minimum absolute atomic E-state index is 0.150. The molecule has 0 atom stereocenters. The Morgan fingerprint density at radius 1 is 1.08 bits per heavy atom. The van der Waals surface area contributed by atoms with Crippen LogP contribution >= 0.6 is 11.3 Å². The Hall–Kier alpha value is -1.96. The molecule has 8 heteroatoms. The third kappa shape index (κ3) is 3.92. The lowest BCUT2D eigenvalue weighted by Gasteiger charge is -2.18. The van der Waals surface area contributed by atoms with Crippen molar-refractivity contribution in [1.82, 2.24) is 10.2 Å². The Morgan fingerprint density at radius 2 is 1.75 bits per heavy atom. The van der Waals surface area contributed by atoms with Crippen molar-refractivity contribution in [1.29, 1.82) is 0 Å². The zero-order chi connectivity index (χ0) is 17.2. The van der Waals surface area contributed by atoms with Crippen LogP contribution in [0.4, 0.5) is 18.3 Å². The molecule has 1 heterocycles. The van der Waals surface area contributed by atoms with Gasteiger partial charge >= 0.3 is 6.18 Å². The lowest BCUT2D eigenvalue weighted by atomic mass is 9.90. The minimum atomic E-state index is -4.41. The third-order valence-corrected chi connectivity index (χ3v) is 5.09. The largest absolute Gasteiger partial charge is 0.416 e. The van der Waals surface area contributed by atoms with E-state index in [0.717, 1.165) is 42.1 Å². The Kier molecular flexibility index (Phi) is 4.84. The van der Waals surface area contributed by atoms with Gasteiger partial charge in [-0.1, -0.05) is 30.6 Å². The van der Waals surface area contributed by atoms with Crippen molar-refractivity contribution in [3.8, 4) is 0 Å². The molecular weight excluding hydrogens is 339 g/mol. The van der Waals surface area contributed by atoms with E-state index in [2.05, 4.69) is 15.5 Å². The second-order valence-electron chi connectivity index (χ2n) is 5.81. The number of carbonyl (C=O) groups excluding carboxylic acids is 1. The number of hydrogen-bond acceptors (Lipinski definition) is 4. The molecule has 3 rings (SSSR count). The highest BCUT2D eigenvalue weighted by molar-refractivity contribution is 7.15. The summed E-state index contributed by atoms with van der Waals surface area (Å²) in [5.41, 5.74) is -0.632. The Morgan fingerprint density at radius 3 is 2.38 bits per heavy atom. The van der Waals surface area contributed by atoms with Crippen molar-refractivity contribution >= 4 is 22.4 Å². The second-order valence-corrected chi connectivity index (χ2v) is 6.82. The first-order chi connectivity index (χ1) is 11.4. The van der Waals surface area contributed by atoms with Gasteiger partial charge < -0.3 is 0 Å². The molecule has 1 saturated carbocycles. The van der Waals surface area contributed by atoms with Gasteiger partial charge in [-0.3, -0.25) is 10.1 Å². The Bertz CT molecular complexity index is 706. The smallest absolute Gasteiger partial charge is 0.296 e. The molecule has 1 aromatic heterocycles. The van der Waals surface area contributed by atoms with Gasteiger partial charge in [0.25, 0.3) is 5.91 Å². The molecule has 1 N–H and O–H groups in total. The third-order valence-electron chi connectivity index (χ3n) is 4.09. The van der Waals surface area contributed by atoms with Crippen LogP contribution in [0.25, 0.3) is 0 Å². The molecule has 128 valence electrons. The van der Waals surface area contributed by atoms with Crippen molar-refractivity contribution in [3.63, 3.8) is 0 Å². The summed E-state index contributed by atoms with van der Waals surface area (Å²) < 4.78 is 37.6. The molecule has 0 unspecified atom stereocenters. The number of rotatable bonds is 3. The first-order valence-electron chi connectivity index (χ1n) is 7.75. The number of alkyl halides is 3. The highest BCUT2D eigenvalue weighted by Crippen LogP contribution is 2.35. The van der Waals surface area contributed by atoms with Crippen molar-refractivity contribution in [2.24, 2.45) is 0 Å². The number of hydrogen-bond donors (Lipinski definition) is 1.